The second kappa shape index (κ2) is 6.47. The summed E-state index contributed by atoms with van der Waals surface area (Å²) < 4.78 is 23.5. The summed E-state index contributed by atoms with van der Waals surface area (Å²) >= 11 is 0. The minimum atomic E-state index is -0.336. The number of benzene rings is 2. The Bertz CT molecular complexity index is 670. The molecule has 0 aliphatic carbocycles. The van der Waals surface area contributed by atoms with Gasteiger partial charge in [0.15, 0.2) is 6.61 Å². The van der Waals surface area contributed by atoms with Crippen LogP contribution in [0.2, 0.25) is 0 Å². The average molecular weight is 301 g/mol. The van der Waals surface area contributed by atoms with Crippen LogP contribution in [0.3, 0.4) is 0 Å². The molecule has 0 atom stereocenters. The highest BCUT2D eigenvalue weighted by Gasteiger charge is 2.12. The summed E-state index contributed by atoms with van der Waals surface area (Å²) in [6.07, 6.45) is 0.908. The Kier molecular flexibility index (Phi) is 4.23. The molecule has 0 fully saturated rings. The van der Waals surface area contributed by atoms with Crippen LogP contribution < -0.4 is 14.8 Å². The van der Waals surface area contributed by atoms with Gasteiger partial charge in [-0.1, -0.05) is 12.1 Å². The van der Waals surface area contributed by atoms with E-state index in [0.29, 0.717) is 12.3 Å². The summed E-state index contributed by atoms with van der Waals surface area (Å²) in [5.74, 6) is 0.833. The molecular weight excluding hydrogens is 285 g/mol. The number of halogens is 1. The predicted molar refractivity (Wildman–Crippen MR) is 79.4 cm³/mol. The minimum Gasteiger partial charge on any atom is -0.493 e. The van der Waals surface area contributed by atoms with Gasteiger partial charge in [-0.15, -0.1) is 0 Å². The van der Waals surface area contributed by atoms with E-state index in [2.05, 4.69) is 5.32 Å². The van der Waals surface area contributed by atoms with Gasteiger partial charge in [0.25, 0.3) is 5.91 Å². The third kappa shape index (κ3) is 3.55. The smallest absolute Gasteiger partial charge is 0.258 e. The van der Waals surface area contributed by atoms with Crippen LogP contribution >= 0.6 is 0 Å². The number of hydrogen-bond acceptors (Lipinski definition) is 3. The molecule has 0 unspecified atom stereocenters. The normalized spacial score (nSPS) is 12.4. The van der Waals surface area contributed by atoms with E-state index in [-0.39, 0.29) is 18.3 Å². The van der Waals surface area contributed by atoms with E-state index < -0.39 is 0 Å². The van der Waals surface area contributed by atoms with Crippen molar-refractivity contribution < 1.29 is 18.7 Å². The van der Waals surface area contributed by atoms with Crippen LogP contribution in [0.5, 0.6) is 11.5 Å². The van der Waals surface area contributed by atoms with Gasteiger partial charge in [0.2, 0.25) is 0 Å². The third-order valence-corrected chi connectivity index (χ3v) is 3.43. The number of carbonyl (C=O) groups excluding carboxylic acids is 1. The van der Waals surface area contributed by atoms with Gasteiger partial charge < -0.3 is 14.8 Å². The molecule has 0 aromatic heterocycles. The van der Waals surface area contributed by atoms with Gasteiger partial charge in [0, 0.05) is 13.0 Å². The lowest BCUT2D eigenvalue weighted by atomic mass is 10.1. The first-order valence-electron chi connectivity index (χ1n) is 7.10. The van der Waals surface area contributed by atoms with Crippen LogP contribution in [-0.2, 0) is 17.8 Å². The SMILES string of the molecule is O=C(COc1ccc(F)cc1)NCc1ccc2c(c1)CCO2. The number of amides is 1. The van der Waals surface area contributed by atoms with Gasteiger partial charge in [-0.2, -0.15) is 0 Å². The van der Waals surface area contributed by atoms with Gasteiger partial charge in [-0.05, 0) is 41.5 Å². The van der Waals surface area contributed by atoms with Gasteiger partial charge >= 0.3 is 0 Å². The first kappa shape index (κ1) is 14.4. The van der Waals surface area contributed by atoms with Gasteiger partial charge in [-0.3, -0.25) is 4.79 Å². The summed E-state index contributed by atoms with van der Waals surface area (Å²) in [5.41, 5.74) is 2.20. The highest BCUT2D eigenvalue weighted by atomic mass is 19.1. The standard InChI is InChI=1S/C17H16FNO3/c18-14-2-4-15(5-3-14)22-11-17(20)19-10-12-1-6-16-13(9-12)7-8-21-16/h1-6,9H,7-8,10-11H2,(H,19,20). The van der Waals surface area contributed by atoms with Crippen LogP contribution in [0.4, 0.5) is 4.39 Å². The Morgan fingerprint density at radius 1 is 1.23 bits per heavy atom. The molecule has 22 heavy (non-hydrogen) atoms. The van der Waals surface area contributed by atoms with Gasteiger partial charge in [-0.25, -0.2) is 4.39 Å². The maximum Gasteiger partial charge on any atom is 0.258 e. The van der Waals surface area contributed by atoms with Crippen molar-refractivity contribution in [1.29, 1.82) is 0 Å². The Balaban J connectivity index is 1.47. The van der Waals surface area contributed by atoms with E-state index in [1.54, 1.807) is 0 Å². The fourth-order valence-electron chi connectivity index (χ4n) is 2.28. The zero-order valence-corrected chi connectivity index (χ0v) is 12.0. The lowest BCUT2D eigenvalue weighted by Crippen LogP contribution is -2.28. The zero-order chi connectivity index (χ0) is 15.4. The van der Waals surface area contributed by atoms with Crippen molar-refractivity contribution in [2.75, 3.05) is 13.2 Å². The second-order valence-corrected chi connectivity index (χ2v) is 5.06. The molecule has 2 aromatic rings. The van der Waals surface area contributed by atoms with Crippen LogP contribution in [0, 0.1) is 5.82 Å². The van der Waals surface area contributed by atoms with Crippen LogP contribution in [0.15, 0.2) is 42.5 Å². The summed E-state index contributed by atoms with van der Waals surface area (Å²) in [6, 6.07) is 11.5. The molecule has 4 nitrogen and oxygen atoms in total. The van der Waals surface area contributed by atoms with E-state index in [1.165, 1.54) is 29.8 Å². The predicted octanol–water partition coefficient (Wildman–Crippen LogP) is 2.46. The molecule has 1 heterocycles. The number of rotatable bonds is 5. The van der Waals surface area contributed by atoms with Crippen molar-refractivity contribution in [3.63, 3.8) is 0 Å². The van der Waals surface area contributed by atoms with E-state index in [1.807, 2.05) is 18.2 Å². The first-order chi connectivity index (χ1) is 10.7. The Labute approximate surface area is 127 Å². The number of hydrogen-bond donors (Lipinski definition) is 1. The maximum atomic E-state index is 12.7. The van der Waals surface area contributed by atoms with Crippen molar-refractivity contribution in [3.8, 4) is 11.5 Å². The van der Waals surface area contributed by atoms with E-state index >= 15 is 0 Å². The first-order valence-corrected chi connectivity index (χ1v) is 7.10. The van der Waals surface area contributed by atoms with Crippen LogP contribution in [0.1, 0.15) is 11.1 Å². The topological polar surface area (TPSA) is 47.6 Å². The lowest BCUT2D eigenvalue weighted by molar-refractivity contribution is -0.123. The number of ether oxygens (including phenoxy) is 2. The fraction of sp³-hybridized carbons (Fsp3) is 0.235. The van der Waals surface area contributed by atoms with Crippen LogP contribution in [-0.4, -0.2) is 19.1 Å². The third-order valence-electron chi connectivity index (χ3n) is 3.43. The van der Waals surface area contributed by atoms with E-state index in [0.717, 1.165) is 24.3 Å². The molecule has 0 saturated carbocycles. The molecule has 1 N–H and O–H groups in total. The zero-order valence-electron chi connectivity index (χ0n) is 12.0. The van der Waals surface area contributed by atoms with E-state index in [4.69, 9.17) is 9.47 Å². The summed E-state index contributed by atoms with van der Waals surface area (Å²) in [4.78, 5) is 11.8. The van der Waals surface area contributed by atoms with Crippen molar-refractivity contribution in [1.82, 2.24) is 5.32 Å². The Morgan fingerprint density at radius 3 is 2.86 bits per heavy atom. The minimum absolute atomic E-state index is 0.0975. The molecule has 0 radical (unpaired) electrons. The Hall–Kier alpha value is -2.56. The molecule has 0 saturated heterocycles. The molecule has 0 spiro atoms. The molecule has 3 rings (SSSR count). The largest absolute Gasteiger partial charge is 0.493 e. The molecule has 1 aliphatic rings. The summed E-state index contributed by atoms with van der Waals surface area (Å²) in [6.45, 7) is 1.06. The fourth-order valence-corrected chi connectivity index (χ4v) is 2.28. The number of nitrogens with one attached hydrogen (secondary N) is 1. The molecule has 0 bridgehead atoms. The van der Waals surface area contributed by atoms with E-state index in [9.17, 15) is 9.18 Å². The number of fused-ring (bicyclic) bond motifs is 1. The van der Waals surface area contributed by atoms with Crippen molar-refractivity contribution in [2.45, 2.75) is 13.0 Å². The molecule has 114 valence electrons. The summed E-state index contributed by atoms with van der Waals surface area (Å²) in [5, 5.41) is 2.79. The Morgan fingerprint density at radius 2 is 2.05 bits per heavy atom. The summed E-state index contributed by atoms with van der Waals surface area (Å²) in [7, 11) is 0. The average Bonchev–Trinajstić information content (AvgIpc) is 3.00. The highest BCUT2D eigenvalue weighted by Crippen LogP contribution is 2.25. The highest BCUT2D eigenvalue weighted by molar-refractivity contribution is 5.77. The van der Waals surface area contributed by atoms with Crippen molar-refractivity contribution in [2.24, 2.45) is 0 Å². The number of carbonyl (C=O) groups is 1. The molecule has 1 aliphatic heterocycles. The molecular formula is C17H16FNO3. The second-order valence-electron chi connectivity index (χ2n) is 5.06. The maximum absolute atomic E-state index is 12.7. The van der Waals surface area contributed by atoms with Crippen molar-refractivity contribution in [3.05, 3.63) is 59.4 Å². The van der Waals surface area contributed by atoms with Gasteiger partial charge in [0.05, 0.1) is 6.61 Å². The van der Waals surface area contributed by atoms with Crippen molar-refractivity contribution >= 4 is 5.91 Å². The van der Waals surface area contributed by atoms with Gasteiger partial charge in [0.1, 0.15) is 17.3 Å². The van der Waals surface area contributed by atoms with Crippen LogP contribution in [0.25, 0.3) is 0 Å². The molecule has 1 amide bonds. The lowest BCUT2D eigenvalue weighted by Gasteiger charge is -2.08. The molecule has 2 aromatic carbocycles. The monoisotopic (exact) mass is 301 g/mol. The quantitative estimate of drug-likeness (QED) is 0.923. The molecule has 5 heteroatoms.